The molecule has 1 aromatic carbocycles. The average molecular weight is 532 g/mol. The highest BCUT2D eigenvalue weighted by Crippen LogP contribution is 2.27. The van der Waals surface area contributed by atoms with E-state index in [0.717, 1.165) is 16.9 Å². The van der Waals surface area contributed by atoms with Gasteiger partial charge in [0.05, 0.1) is 24.0 Å². The standard InChI is InChI=1S/C25H24F4N6O3/c26-16-1-3-17(4-2-16)34-9-5-18-23(34)30-15-33(24(18)37)14-25(38)7-11-32(12-8-25)21(36)13-19(22(28)29)35-10-6-20(27)31-35/h1-6,9-10,15,19,22,38H,7-8,11-14H2/t19-/m0/s1. The molecule has 1 atom stereocenters. The van der Waals surface area contributed by atoms with Crippen LogP contribution >= 0.6 is 0 Å². The van der Waals surface area contributed by atoms with E-state index in [0.29, 0.717) is 16.7 Å². The van der Waals surface area contributed by atoms with Crippen LogP contribution in [-0.2, 0) is 11.3 Å². The van der Waals surface area contributed by atoms with Crippen molar-refractivity contribution in [3.8, 4) is 5.69 Å². The minimum atomic E-state index is -2.92. The SMILES string of the molecule is O=C(C[C@@H](C(F)F)n1ccc(F)n1)N1CCC(O)(Cn2cnc3c(ccn3-c3ccc(F)cc3)c2=O)CC1. The van der Waals surface area contributed by atoms with Crippen LogP contribution in [0, 0.1) is 11.8 Å². The van der Waals surface area contributed by atoms with Crippen LogP contribution in [-0.4, -0.2) is 64.9 Å². The number of aromatic nitrogens is 5. The van der Waals surface area contributed by atoms with Gasteiger partial charge in [0.25, 0.3) is 12.0 Å². The van der Waals surface area contributed by atoms with Gasteiger partial charge in [-0.1, -0.05) is 0 Å². The Kier molecular flexibility index (Phi) is 6.78. The maximum Gasteiger partial charge on any atom is 0.262 e. The number of benzene rings is 1. The second-order valence-electron chi connectivity index (χ2n) is 9.41. The summed E-state index contributed by atoms with van der Waals surface area (Å²) in [5, 5.41) is 14.8. The van der Waals surface area contributed by atoms with Crippen molar-refractivity contribution in [1.29, 1.82) is 0 Å². The number of piperidine rings is 1. The van der Waals surface area contributed by atoms with Gasteiger partial charge < -0.3 is 14.6 Å². The lowest BCUT2D eigenvalue weighted by Crippen LogP contribution is -2.50. The summed E-state index contributed by atoms with van der Waals surface area (Å²) in [6.07, 6.45) is 0.793. The largest absolute Gasteiger partial charge is 0.388 e. The summed E-state index contributed by atoms with van der Waals surface area (Å²) in [6, 6.07) is 6.67. The number of likely N-dealkylation sites (tertiary alicyclic amines) is 1. The van der Waals surface area contributed by atoms with Crippen LogP contribution < -0.4 is 5.56 Å². The van der Waals surface area contributed by atoms with Crippen molar-refractivity contribution in [3.05, 3.63) is 77.2 Å². The first kappa shape index (κ1) is 25.6. The molecule has 0 bridgehead atoms. The van der Waals surface area contributed by atoms with Gasteiger partial charge in [0, 0.05) is 37.2 Å². The topological polar surface area (TPSA) is 98.2 Å². The molecule has 4 aromatic rings. The van der Waals surface area contributed by atoms with E-state index >= 15 is 0 Å². The summed E-state index contributed by atoms with van der Waals surface area (Å²) in [5.74, 6) is -1.86. The van der Waals surface area contributed by atoms with Crippen LogP contribution in [0.25, 0.3) is 16.7 Å². The van der Waals surface area contributed by atoms with Gasteiger partial charge in [-0.2, -0.15) is 4.39 Å². The minimum Gasteiger partial charge on any atom is -0.388 e. The molecule has 1 N–H and O–H groups in total. The van der Waals surface area contributed by atoms with E-state index in [2.05, 4.69) is 10.1 Å². The third kappa shape index (κ3) is 5.05. The van der Waals surface area contributed by atoms with Crippen molar-refractivity contribution in [1.82, 2.24) is 28.8 Å². The van der Waals surface area contributed by atoms with Crippen molar-refractivity contribution >= 4 is 16.9 Å². The zero-order valence-corrected chi connectivity index (χ0v) is 20.1. The van der Waals surface area contributed by atoms with Gasteiger partial charge in [-0.15, -0.1) is 5.10 Å². The second-order valence-corrected chi connectivity index (χ2v) is 9.41. The Hall–Kier alpha value is -4.00. The summed E-state index contributed by atoms with van der Waals surface area (Å²) in [6.45, 7) is 0.138. The Morgan fingerprint density at radius 1 is 1.05 bits per heavy atom. The van der Waals surface area contributed by atoms with E-state index in [4.69, 9.17) is 0 Å². The number of rotatable bonds is 7. The van der Waals surface area contributed by atoms with Crippen LogP contribution in [0.1, 0.15) is 25.3 Å². The van der Waals surface area contributed by atoms with E-state index in [1.807, 2.05) is 0 Å². The van der Waals surface area contributed by atoms with Crippen molar-refractivity contribution in [2.24, 2.45) is 0 Å². The number of carbonyl (C=O) groups excluding carboxylic acids is 1. The minimum absolute atomic E-state index is 0.0647. The molecule has 4 heterocycles. The summed E-state index contributed by atoms with van der Waals surface area (Å²) in [4.78, 5) is 31.5. The Morgan fingerprint density at radius 3 is 2.39 bits per heavy atom. The molecular formula is C25H24F4N6O3. The molecule has 1 fully saturated rings. The highest BCUT2D eigenvalue weighted by Gasteiger charge is 2.36. The molecule has 0 aliphatic carbocycles. The third-order valence-corrected chi connectivity index (χ3v) is 6.88. The predicted octanol–water partition coefficient (Wildman–Crippen LogP) is 2.91. The molecule has 1 aliphatic rings. The van der Waals surface area contributed by atoms with Crippen LogP contribution in [0.3, 0.4) is 0 Å². The Labute approximate surface area is 213 Å². The van der Waals surface area contributed by atoms with E-state index < -0.39 is 36.3 Å². The lowest BCUT2D eigenvalue weighted by molar-refractivity contribution is -0.138. The molecule has 0 spiro atoms. The normalized spacial score (nSPS) is 16.3. The fourth-order valence-corrected chi connectivity index (χ4v) is 4.73. The van der Waals surface area contributed by atoms with Gasteiger partial charge in [0.2, 0.25) is 11.9 Å². The highest BCUT2D eigenvalue weighted by molar-refractivity contribution is 5.77. The molecule has 13 heteroatoms. The maximum atomic E-state index is 13.5. The number of alkyl halides is 2. The van der Waals surface area contributed by atoms with Crippen LogP contribution in [0.15, 0.2) is 59.9 Å². The number of hydrogen-bond acceptors (Lipinski definition) is 5. The van der Waals surface area contributed by atoms with Gasteiger partial charge in [0.15, 0.2) is 5.65 Å². The molecule has 5 rings (SSSR count). The molecular weight excluding hydrogens is 508 g/mol. The van der Waals surface area contributed by atoms with Crippen molar-refractivity contribution in [3.63, 3.8) is 0 Å². The summed E-state index contributed by atoms with van der Waals surface area (Å²) in [7, 11) is 0. The number of fused-ring (bicyclic) bond motifs is 1. The highest BCUT2D eigenvalue weighted by atomic mass is 19.3. The molecule has 1 saturated heterocycles. The zero-order valence-electron chi connectivity index (χ0n) is 20.1. The molecule has 9 nitrogen and oxygen atoms in total. The monoisotopic (exact) mass is 532 g/mol. The number of nitrogens with zero attached hydrogens (tertiary/aromatic N) is 6. The van der Waals surface area contributed by atoms with Crippen LogP contribution in [0.4, 0.5) is 17.6 Å². The summed E-state index contributed by atoms with van der Waals surface area (Å²) < 4.78 is 57.2. The lowest BCUT2D eigenvalue weighted by Gasteiger charge is -2.38. The van der Waals surface area contributed by atoms with E-state index in [-0.39, 0.29) is 43.9 Å². The van der Waals surface area contributed by atoms with Crippen molar-refractivity contribution < 1.29 is 27.5 Å². The molecule has 1 aliphatic heterocycles. The van der Waals surface area contributed by atoms with Crippen LogP contribution in [0.5, 0.6) is 0 Å². The number of carbonyl (C=O) groups is 1. The first-order valence-corrected chi connectivity index (χ1v) is 11.9. The Morgan fingerprint density at radius 2 is 1.76 bits per heavy atom. The molecule has 0 unspecified atom stereocenters. The van der Waals surface area contributed by atoms with Gasteiger partial charge in [-0.05, 0) is 43.2 Å². The summed E-state index contributed by atoms with van der Waals surface area (Å²) in [5.41, 5.74) is -0.665. The molecule has 1 amide bonds. The van der Waals surface area contributed by atoms with Gasteiger partial charge in [-0.3, -0.25) is 18.8 Å². The fraction of sp³-hybridized carbons (Fsp3) is 0.360. The van der Waals surface area contributed by atoms with Gasteiger partial charge >= 0.3 is 0 Å². The van der Waals surface area contributed by atoms with Gasteiger partial charge in [0.1, 0.15) is 18.2 Å². The van der Waals surface area contributed by atoms with Crippen molar-refractivity contribution in [2.45, 2.75) is 43.9 Å². The van der Waals surface area contributed by atoms with Crippen molar-refractivity contribution in [2.75, 3.05) is 13.1 Å². The molecule has 0 saturated carbocycles. The predicted molar refractivity (Wildman–Crippen MR) is 128 cm³/mol. The number of halogens is 4. The first-order chi connectivity index (χ1) is 18.1. The average Bonchev–Trinajstić information content (AvgIpc) is 3.51. The van der Waals surface area contributed by atoms with E-state index in [1.165, 1.54) is 27.9 Å². The number of amides is 1. The molecule has 200 valence electrons. The van der Waals surface area contributed by atoms with E-state index in [9.17, 15) is 32.3 Å². The maximum absolute atomic E-state index is 13.5. The lowest BCUT2D eigenvalue weighted by atomic mass is 9.91. The second kappa shape index (κ2) is 10.0. The Balaban J connectivity index is 1.25. The van der Waals surface area contributed by atoms with Crippen LogP contribution in [0.2, 0.25) is 0 Å². The quantitative estimate of drug-likeness (QED) is 0.369. The number of hydrogen-bond donors (Lipinski definition) is 1. The summed E-state index contributed by atoms with van der Waals surface area (Å²) >= 11 is 0. The smallest absolute Gasteiger partial charge is 0.262 e. The molecule has 38 heavy (non-hydrogen) atoms. The molecule has 3 aromatic heterocycles. The van der Waals surface area contributed by atoms with E-state index in [1.54, 1.807) is 29.0 Å². The molecule has 0 radical (unpaired) electrons. The zero-order chi connectivity index (χ0) is 27.0. The van der Waals surface area contributed by atoms with Gasteiger partial charge in [-0.25, -0.2) is 18.2 Å². The Bertz CT molecular complexity index is 1510. The first-order valence-electron chi connectivity index (χ1n) is 11.9. The fourth-order valence-electron chi connectivity index (χ4n) is 4.73. The third-order valence-electron chi connectivity index (χ3n) is 6.88. The number of aliphatic hydroxyl groups is 1.